The van der Waals surface area contributed by atoms with Gasteiger partial charge in [0.05, 0.1) is 5.69 Å². The quantitative estimate of drug-likeness (QED) is 0.877. The first-order valence-electron chi connectivity index (χ1n) is 6.67. The van der Waals surface area contributed by atoms with Crippen molar-refractivity contribution in [3.05, 3.63) is 34.5 Å². The molecular weight excluding hydrogens is 274 g/mol. The molecule has 0 bridgehead atoms. The van der Waals surface area contributed by atoms with Gasteiger partial charge in [-0.3, -0.25) is 9.55 Å². The van der Waals surface area contributed by atoms with Crippen molar-refractivity contribution in [3.63, 3.8) is 0 Å². The first-order valence-corrected chi connectivity index (χ1v) is 7.48. The number of hydrogen-bond acceptors (Lipinski definition) is 5. The second-order valence-corrected chi connectivity index (χ2v) is 5.98. The van der Waals surface area contributed by atoms with Crippen LogP contribution in [0.3, 0.4) is 0 Å². The van der Waals surface area contributed by atoms with Crippen LogP contribution in [0.4, 0.5) is 0 Å². The summed E-state index contributed by atoms with van der Waals surface area (Å²) in [6.07, 6.45) is 3.94. The van der Waals surface area contributed by atoms with Gasteiger partial charge in [0.2, 0.25) is 0 Å². The average Bonchev–Trinajstić information content (AvgIpc) is 3.24. The third-order valence-electron chi connectivity index (χ3n) is 3.43. The van der Waals surface area contributed by atoms with E-state index in [1.54, 1.807) is 4.57 Å². The van der Waals surface area contributed by atoms with Crippen molar-refractivity contribution >= 4 is 11.8 Å². The second-order valence-electron chi connectivity index (χ2n) is 4.94. The van der Waals surface area contributed by atoms with E-state index in [1.807, 2.05) is 25.4 Å². The van der Waals surface area contributed by atoms with Crippen LogP contribution >= 0.6 is 11.8 Å². The van der Waals surface area contributed by atoms with E-state index in [0.717, 1.165) is 23.4 Å². The summed E-state index contributed by atoms with van der Waals surface area (Å²) in [6.45, 7) is 2.06. The molecule has 2 heterocycles. The van der Waals surface area contributed by atoms with E-state index in [-0.39, 0.29) is 11.7 Å². The fraction of sp³-hybridized carbons (Fsp3) is 0.462. The zero-order valence-corrected chi connectivity index (χ0v) is 12.3. The lowest BCUT2D eigenvalue weighted by molar-refractivity contribution is 0.631. The third-order valence-corrected chi connectivity index (χ3v) is 4.38. The molecule has 2 aromatic heterocycles. The molecule has 1 aliphatic carbocycles. The largest absolute Gasteiger partial charge is 0.344 e. The number of hydrogen-bond donors (Lipinski definition) is 2. The highest BCUT2D eigenvalue weighted by atomic mass is 32.2. The predicted octanol–water partition coefficient (Wildman–Crippen LogP) is 1.73. The van der Waals surface area contributed by atoms with E-state index < -0.39 is 0 Å². The van der Waals surface area contributed by atoms with Gasteiger partial charge in [0.1, 0.15) is 0 Å². The second kappa shape index (κ2) is 5.41. The molecule has 3 rings (SSSR count). The molecule has 0 aliphatic heterocycles. The average molecular weight is 291 g/mol. The minimum Gasteiger partial charge on any atom is -0.312 e. The van der Waals surface area contributed by atoms with Crippen LogP contribution < -0.4 is 11.0 Å². The zero-order valence-electron chi connectivity index (χ0n) is 11.5. The Hall–Kier alpha value is -1.60. The third kappa shape index (κ3) is 2.64. The Morgan fingerprint density at radius 2 is 2.30 bits per heavy atom. The molecule has 0 amide bonds. The van der Waals surface area contributed by atoms with Crippen molar-refractivity contribution < 1.29 is 0 Å². The van der Waals surface area contributed by atoms with Gasteiger partial charge in [-0.2, -0.15) is 0 Å². The van der Waals surface area contributed by atoms with E-state index >= 15 is 0 Å². The summed E-state index contributed by atoms with van der Waals surface area (Å²) in [5, 5.41) is 10.5. The Bertz CT molecular complexity index is 644. The number of aromatic amines is 1. The van der Waals surface area contributed by atoms with Gasteiger partial charge in [0.25, 0.3) is 0 Å². The van der Waals surface area contributed by atoms with Crippen LogP contribution in [0.15, 0.2) is 33.2 Å². The Balaban J connectivity index is 1.79. The van der Waals surface area contributed by atoms with Crippen LogP contribution in [0, 0.1) is 0 Å². The zero-order chi connectivity index (χ0) is 14.1. The molecule has 0 radical (unpaired) electrons. The summed E-state index contributed by atoms with van der Waals surface area (Å²) < 4.78 is 1.74. The predicted molar refractivity (Wildman–Crippen MR) is 77.0 cm³/mol. The van der Waals surface area contributed by atoms with Crippen molar-refractivity contribution in [1.29, 1.82) is 0 Å². The molecule has 1 atom stereocenters. The van der Waals surface area contributed by atoms with Crippen molar-refractivity contribution in [3.8, 4) is 0 Å². The molecule has 0 aromatic carbocycles. The van der Waals surface area contributed by atoms with Crippen molar-refractivity contribution in [2.24, 2.45) is 0 Å². The lowest BCUT2D eigenvalue weighted by Crippen LogP contribution is -2.16. The molecule has 6 nitrogen and oxygen atoms in total. The van der Waals surface area contributed by atoms with Gasteiger partial charge in [-0.15, -0.1) is 5.10 Å². The van der Waals surface area contributed by atoms with Crippen LogP contribution in [-0.4, -0.2) is 26.8 Å². The van der Waals surface area contributed by atoms with Crippen molar-refractivity contribution in [1.82, 2.24) is 25.1 Å². The van der Waals surface area contributed by atoms with E-state index in [0.29, 0.717) is 11.2 Å². The van der Waals surface area contributed by atoms with Crippen LogP contribution in [0.1, 0.15) is 37.5 Å². The Labute approximate surface area is 121 Å². The lowest BCUT2D eigenvalue weighted by atomic mass is 10.2. The Morgan fingerprint density at radius 1 is 1.50 bits per heavy atom. The molecule has 1 aliphatic rings. The van der Waals surface area contributed by atoms with Crippen LogP contribution in [0.5, 0.6) is 0 Å². The summed E-state index contributed by atoms with van der Waals surface area (Å²) in [6, 6.07) is 4.55. The highest BCUT2D eigenvalue weighted by Gasteiger charge is 2.28. The maximum Gasteiger partial charge on any atom is 0.344 e. The minimum atomic E-state index is -0.122. The minimum absolute atomic E-state index is 0.122. The van der Waals surface area contributed by atoms with E-state index in [2.05, 4.69) is 27.4 Å². The molecule has 7 heteroatoms. The summed E-state index contributed by atoms with van der Waals surface area (Å²) in [7, 11) is 1.91. The highest BCUT2D eigenvalue weighted by molar-refractivity contribution is 7.99. The van der Waals surface area contributed by atoms with Gasteiger partial charge in [0, 0.05) is 23.2 Å². The maximum absolute atomic E-state index is 11.7. The molecule has 20 heavy (non-hydrogen) atoms. The Morgan fingerprint density at radius 3 is 2.90 bits per heavy atom. The number of nitrogens with one attached hydrogen (secondary N) is 2. The highest BCUT2D eigenvalue weighted by Crippen LogP contribution is 2.37. The molecule has 1 unspecified atom stereocenters. The fourth-order valence-electron chi connectivity index (χ4n) is 1.98. The monoisotopic (exact) mass is 291 g/mol. The first kappa shape index (κ1) is 13.4. The van der Waals surface area contributed by atoms with E-state index in [4.69, 9.17) is 0 Å². The number of aromatic nitrogens is 4. The summed E-state index contributed by atoms with van der Waals surface area (Å²) in [4.78, 5) is 17.1. The Kier molecular flexibility index (Phi) is 3.62. The molecule has 0 spiro atoms. The maximum atomic E-state index is 11.7. The van der Waals surface area contributed by atoms with Gasteiger partial charge in [-0.1, -0.05) is 0 Å². The molecular formula is C13H17N5OS. The van der Waals surface area contributed by atoms with Crippen molar-refractivity contribution in [2.75, 3.05) is 7.05 Å². The molecule has 2 N–H and O–H groups in total. The van der Waals surface area contributed by atoms with Gasteiger partial charge in [0.15, 0.2) is 5.16 Å². The van der Waals surface area contributed by atoms with Crippen LogP contribution in [0.25, 0.3) is 0 Å². The fourth-order valence-corrected chi connectivity index (χ4v) is 2.85. The standard InChI is InChI=1S/C13H17N5OS/c1-8(14-2)11-6-5-10(7-15-11)20-13-17-16-12(19)18(13)9-3-4-9/h5-9,14H,3-4H2,1-2H3,(H,16,19). The van der Waals surface area contributed by atoms with Gasteiger partial charge < -0.3 is 5.32 Å². The summed E-state index contributed by atoms with van der Waals surface area (Å²) >= 11 is 1.47. The van der Waals surface area contributed by atoms with Crippen LogP contribution in [-0.2, 0) is 0 Å². The van der Waals surface area contributed by atoms with Gasteiger partial charge in [-0.05, 0) is 50.7 Å². The van der Waals surface area contributed by atoms with Gasteiger partial charge >= 0.3 is 5.69 Å². The number of nitrogens with zero attached hydrogens (tertiary/aromatic N) is 3. The van der Waals surface area contributed by atoms with E-state index in [1.165, 1.54) is 11.8 Å². The van der Waals surface area contributed by atoms with E-state index in [9.17, 15) is 4.79 Å². The summed E-state index contributed by atoms with van der Waals surface area (Å²) in [5.74, 6) is 0. The lowest BCUT2D eigenvalue weighted by Gasteiger charge is -2.09. The molecule has 2 aromatic rings. The number of pyridine rings is 1. The molecule has 1 fully saturated rings. The van der Waals surface area contributed by atoms with Crippen LogP contribution in [0.2, 0.25) is 0 Å². The molecule has 106 valence electrons. The summed E-state index contributed by atoms with van der Waals surface area (Å²) in [5.41, 5.74) is 0.877. The SMILES string of the molecule is CNC(C)c1ccc(Sc2n[nH]c(=O)n2C2CC2)cn1. The normalized spacial score (nSPS) is 16.3. The topological polar surface area (TPSA) is 75.6 Å². The molecule has 0 saturated heterocycles. The van der Waals surface area contributed by atoms with Gasteiger partial charge in [-0.25, -0.2) is 9.89 Å². The van der Waals surface area contributed by atoms with Crippen molar-refractivity contribution in [2.45, 2.75) is 41.9 Å². The smallest absolute Gasteiger partial charge is 0.312 e. The number of rotatable bonds is 5. The molecule has 1 saturated carbocycles. The first-order chi connectivity index (χ1) is 9.69. The number of H-pyrrole nitrogens is 1.